The first-order valence-corrected chi connectivity index (χ1v) is 7.39. The second kappa shape index (κ2) is 6.23. The Hall–Kier alpha value is -1.27. The molecular weight excluding hydrogens is 287 g/mol. The van der Waals surface area contributed by atoms with Crippen LogP contribution in [0.5, 0.6) is 0 Å². The maximum atomic E-state index is 13.1. The number of halogens is 3. The van der Waals surface area contributed by atoms with Gasteiger partial charge in [-0.15, -0.1) is 0 Å². The number of hydrogen-bond acceptors (Lipinski definition) is 2. The number of likely N-dealkylation sites (tertiary alicyclic amines) is 1. The van der Waals surface area contributed by atoms with Crippen LogP contribution in [0.1, 0.15) is 44.9 Å². The molecule has 120 valence electrons. The van der Waals surface area contributed by atoms with E-state index in [4.69, 9.17) is 5.11 Å². The minimum atomic E-state index is -4.36. The van der Waals surface area contributed by atoms with Gasteiger partial charge in [-0.05, 0) is 25.7 Å². The summed E-state index contributed by atoms with van der Waals surface area (Å²) in [6.07, 6.45) is -1.96. The lowest BCUT2D eigenvalue weighted by Gasteiger charge is -2.36. The van der Waals surface area contributed by atoms with Crippen molar-refractivity contribution in [3.8, 4) is 0 Å². The lowest BCUT2D eigenvalue weighted by molar-refractivity contribution is -0.201. The zero-order valence-corrected chi connectivity index (χ0v) is 11.7. The van der Waals surface area contributed by atoms with E-state index in [0.29, 0.717) is 32.2 Å². The summed E-state index contributed by atoms with van der Waals surface area (Å²) in [6.45, 7) is 0.373. The Labute approximate surface area is 121 Å². The van der Waals surface area contributed by atoms with Crippen molar-refractivity contribution in [2.45, 2.75) is 57.2 Å². The van der Waals surface area contributed by atoms with Gasteiger partial charge in [0.2, 0.25) is 5.91 Å². The number of carbonyl (C=O) groups is 2. The molecule has 21 heavy (non-hydrogen) atoms. The number of nitrogens with zero attached hydrogens (tertiary/aromatic N) is 1. The highest BCUT2D eigenvalue weighted by Crippen LogP contribution is 2.43. The summed E-state index contributed by atoms with van der Waals surface area (Å²) >= 11 is 0. The fourth-order valence-electron chi connectivity index (χ4n) is 3.57. The Kier molecular flexibility index (Phi) is 4.78. The van der Waals surface area contributed by atoms with Crippen molar-refractivity contribution in [1.82, 2.24) is 4.90 Å². The Morgan fingerprint density at radius 3 is 2.38 bits per heavy atom. The molecule has 3 unspecified atom stereocenters. The molecule has 3 atom stereocenters. The van der Waals surface area contributed by atoms with E-state index in [1.807, 2.05) is 0 Å². The molecule has 0 bridgehead atoms. The lowest BCUT2D eigenvalue weighted by atomic mass is 9.78. The van der Waals surface area contributed by atoms with E-state index in [0.717, 1.165) is 0 Å². The second-order valence-electron chi connectivity index (χ2n) is 5.96. The maximum Gasteiger partial charge on any atom is 0.392 e. The zero-order chi connectivity index (χ0) is 15.6. The molecule has 1 aliphatic carbocycles. The molecule has 2 aliphatic rings. The number of carbonyl (C=O) groups excluding carboxylic acids is 1. The van der Waals surface area contributed by atoms with Crippen molar-refractivity contribution in [3.63, 3.8) is 0 Å². The average Bonchev–Trinajstić information content (AvgIpc) is 2.84. The van der Waals surface area contributed by atoms with Crippen LogP contribution in [0.25, 0.3) is 0 Å². The Bertz CT molecular complexity index is 411. The number of aliphatic carboxylic acids is 1. The van der Waals surface area contributed by atoms with Crippen LogP contribution in [0.15, 0.2) is 0 Å². The summed E-state index contributed by atoms with van der Waals surface area (Å²) in [6, 6.07) is -0.453. The molecule has 2 rings (SSSR count). The van der Waals surface area contributed by atoms with Crippen LogP contribution in [0.4, 0.5) is 13.2 Å². The molecule has 0 aromatic heterocycles. The van der Waals surface area contributed by atoms with Crippen LogP contribution in [0, 0.1) is 11.8 Å². The summed E-state index contributed by atoms with van der Waals surface area (Å²) < 4.78 is 39.2. The minimum Gasteiger partial charge on any atom is -0.481 e. The predicted molar refractivity (Wildman–Crippen MR) is 68.5 cm³/mol. The van der Waals surface area contributed by atoms with E-state index in [2.05, 4.69) is 0 Å². The smallest absolute Gasteiger partial charge is 0.392 e. The molecule has 7 heteroatoms. The number of carboxylic acid groups (broad SMARTS) is 1. The fraction of sp³-hybridized carbons (Fsp3) is 0.857. The molecule has 0 spiro atoms. The fourth-order valence-corrected chi connectivity index (χ4v) is 3.57. The highest BCUT2D eigenvalue weighted by molar-refractivity contribution is 5.81. The minimum absolute atomic E-state index is 0.00264. The molecule has 1 aliphatic heterocycles. The number of amides is 1. The molecule has 0 aromatic carbocycles. The molecule has 1 heterocycles. The summed E-state index contributed by atoms with van der Waals surface area (Å²) in [7, 11) is 0. The van der Waals surface area contributed by atoms with Gasteiger partial charge in [0.25, 0.3) is 0 Å². The normalized spacial score (nSPS) is 30.4. The van der Waals surface area contributed by atoms with Crippen molar-refractivity contribution in [3.05, 3.63) is 0 Å². The van der Waals surface area contributed by atoms with E-state index in [1.165, 1.54) is 4.90 Å². The Morgan fingerprint density at radius 2 is 1.76 bits per heavy atom. The molecule has 1 N–H and O–H groups in total. The number of carboxylic acids is 1. The van der Waals surface area contributed by atoms with Crippen LogP contribution in [0.3, 0.4) is 0 Å². The monoisotopic (exact) mass is 307 g/mol. The Balaban J connectivity index is 2.11. The molecule has 2 fully saturated rings. The molecule has 0 radical (unpaired) electrons. The van der Waals surface area contributed by atoms with Crippen LogP contribution < -0.4 is 0 Å². The third kappa shape index (κ3) is 3.68. The average molecular weight is 307 g/mol. The van der Waals surface area contributed by atoms with Gasteiger partial charge >= 0.3 is 12.1 Å². The summed E-state index contributed by atoms with van der Waals surface area (Å²) in [5, 5.41) is 8.85. The number of hydrogen-bond donors (Lipinski definition) is 1. The van der Waals surface area contributed by atoms with E-state index in [1.54, 1.807) is 0 Å². The first-order chi connectivity index (χ1) is 9.80. The van der Waals surface area contributed by atoms with E-state index in [-0.39, 0.29) is 19.3 Å². The summed E-state index contributed by atoms with van der Waals surface area (Å²) in [5.41, 5.74) is 0. The van der Waals surface area contributed by atoms with Gasteiger partial charge in [-0.2, -0.15) is 13.2 Å². The summed E-state index contributed by atoms with van der Waals surface area (Å²) in [5.74, 6) is -4.13. The van der Waals surface area contributed by atoms with Gasteiger partial charge in [0.1, 0.15) is 0 Å². The summed E-state index contributed by atoms with van der Waals surface area (Å²) in [4.78, 5) is 24.7. The van der Waals surface area contributed by atoms with Crippen molar-refractivity contribution in [2.24, 2.45) is 11.8 Å². The van der Waals surface area contributed by atoms with Crippen LogP contribution in [-0.4, -0.2) is 40.6 Å². The second-order valence-corrected chi connectivity index (χ2v) is 5.96. The van der Waals surface area contributed by atoms with Gasteiger partial charge in [0.15, 0.2) is 0 Å². The molecular formula is C14H20F3NO3. The predicted octanol–water partition coefficient (Wildman–Crippen LogP) is 2.82. The highest BCUT2D eigenvalue weighted by Gasteiger charge is 2.49. The standard InChI is InChI=1S/C14H20F3NO3/c15-14(16,17)11-6-2-1-5-10(11)13(21)18-7-3-4-9(18)8-12(19)20/h9-11H,1-8H2,(H,19,20). The number of rotatable bonds is 3. The third-order valence-electron chi connectivity index (χ3n) is 4.57. The van der Waals surface area contributed by atoms with Gasteiger partial charge < -0.3 is 10.0 Å². The molecule has 4 nitrogen and oxygen atoms in total. The van der Waals surface area contributed by atoms with Crippen molar-refractivity contribution >= 4 is 11.9 Å². The van der Waals surface area contributed by atoms with Crippen molar-refractivity contribution in [1.29, 1.82) is 0 Å². The van der Waals surface area contributed by atoms with Crippen LogP contribution >= 0.6 is 0 Å². The molecule has 1 amide bonds. The third-order valence-corrected chi connectivity index (χ3v) is 4.57. The molecule has 0 aromatic rings. The SMILES string of the molecule is O=C(O)CC1CCCN1C(=O)C1CCCCC1C(F)(F)F. The topological polar surface area (TPSA) is 57.6 Å². The van der Waals surface area contributed by atoms with Gasteiger partial charge in [-0.3, -0.25) is 9.59 Å². The Morgan fingerprint density at radius 1 is 1.10 bits per heavy atom. The van der Waals surface area contributed by atoms with Gasteiger partial charge in [-0.25, -0.2) is 0 Å². The van der Waals surface area contributed by atoms with E-state index >= 15 is 0 Å². The van der Waals surface area contributed by atoms with Crippen molar-refractivity contribution in [2.75, 3.05) is 6.54 Å². The van der Waals surface area contributed by atoms with Crippen LogP contribution in [0.2, 0.25) is 0 Å². The highest BCUT2D eigenvalue weighted by atomic mass is 19.4. The molecule has 1 saturated heterocycles. The van der Waals surface area contributed by atoms with E-state index < -0.39 is 35.9 Å². The van der Waals surface area contributed by atoms with E-state index in [9.17, 15) is 22.8 Å². The van der Waals surface area contributed by atoms with Gasteiger partial charge in [-0.1, -0.05) is 12.8 Å². The van der Waals surface area contributed by atoms with Gasteiger partial charge in [0.05, 0.1) is 12.3 Å². The van der Waals surface area contributed by atoms with Gasteiger partial charge in [0, 0.05) is 18.5 Å². The quantitative estimate of drug-likeness (QED) is 0.872. The lowest BCUT2D eigenvalue weighted by Crippen LogP contribution is -2.46. The van der Waals surface area contributed by atoms with Crippen LogP contribution in [-0.2, 0) is 9.59 Å². The molecule has 1 saturated carbocycles. The first-order valence-electron chi connectivity index (χ1n) is 7.39. The number of alkyl halides is 3. The van der Waals surface area contributed by atoms with Crippen molar-refractivity contribution < 1.29 is 27.9 Å². The largest absolute Gasteiger partial charge is 0.481 e. The maximum absolute atomic E-state index is 13.1. The zero-order valence-electron chi connectivity index (χ0n) is 11.7. The first kappa shape index (κ1) is 16.1.